The van der Waals surface area contributed by atoms with Crippen LogP contribution in [0.25, 0.3) is 0 Å². The van der Waals surface area contributed by atoms with Crippen LogP contribution in [0.15, 0.2) is 0 Å². The number of hydrogen-bond acceptors (Lipinski definition) is 6. The molecule has 2 rings (SSSR count). The molecular formula is C10H16N2O2S2. The lowest BCUT2D eigenvalue weighted by Crippen LogP contribution is -2.15. The first-order valence-electron chi connectivity index (χ1n) is 5.22. The molecule has 1 aliphatic rings. The Kier molecular flexibility index (Phi) is 4.60. The zero-order valence-corrected chi connectivity index (χ0v) is 10.9. The van der Waals surface area contributed by atoms with Crippen LogP contribution in [0, 0.1) is 0 Å². The standard InChI is InChI=1S/C10H16N2O2S2/c1-13-5-7-9(4-11)16-10(12-7)8-6-15-3-2-14-8/h8H,2-6,11H2,1H3. The van der Waals surface area contributed by atoms with Gasteiger partial charge in [-0.15, -0.1) is 11.3 Å². The third-order valence-corrected chi connectivity index (χ3v) is 4.56. The van der Waals surface area contributed by atoms with Gasteiger partial charge in [0.1, 0.15) is 11.1 Å². The van der Waals surface area contributed by atoms with E-state index in [0.717, 1.165) is 33.7 Å². The molecule has 1 aromatic rings. The van der Waals surface area contributed by atoms with E-state index >= 15 is 0 Å². The second kappa shape index (κ2) is 5.97. The molecule has 0 aromatic carbocycles. The van der Waals surface area contributed by atoms with E-state index in [4.69, 9.17) is 15.2 Å². The average molecular weight is 260 g/mol. The number of rotatable bonds is 4. The van der Waals surface area contributed by atoms with Crippen LogP contribution in [0.2, 0.25) is 0 Å². The summed E-state index contributed by atoms with van der Waals surface area (Å²) >= 11 is 3.56. The second-order valence-electron chi connectivity index (χ2n) is 3.49. The van der Waals surface area contributed by atoms with Gasteiger partial charge in [0.25, 0.3) is 0 Å². The Bertz CT molecular complexity index is 338. The van der Waals surface area contributed by atoms with Gasteiger partial charge in [-0.2, -0.15) is 11.8 Å². The van der Waals surface area contributed by atoms with Crippen LogP contribution >= 0.6 is 23.1 Å². The summed E-state index contributed by atoms with van der Waals surface area (Å²) in [6, 6.07) is 0. The highest BCUT2D eigenvalue weighted by molar-refractivity contribution is 7.99. The van der Waals surface area contributed by atoms with Crippen molar-refractivity contribution in [3.05, 3.63) is 15.6 Å². The lowest BCUT2D eigenvalue weighted by molar-refractivity contribution is 0.0751. The number of hydrogen-bond donors (Lipinski definition) is 1. The van der Waals surface area contributed by atoms with Crippen LogP contribution in [0.3, 0.4) is 0 Å². The molecule has 4 nitrogen and oxygen atoms in total. The van der Waals surface area contributed by atoms with Gasteiger partial charge in [-0.1, -0.05) is 0 Å². The van der Waals surface area contributed by atoms with E-state index in [0.29, 0.717) is 13.2 Å². The molecule has 16 heavy (non-hydrogen) atoms. The maximum absolute atomic E-state index is 5.70. The zero-order valence-electron chi connectivity index (χ0n) is 9.27. The molecule has 1 saturated heterocycles. The van der Waals surface area contributed by atoms with Crippen LogP contribution < -0.4 is 5.73 Å². The summed E-state index contributed by atoms with van der Waals surface area (Å²) in [5.41, 5.74) is 6.65. The van der Waals surface area contributed by atoms with Crippen molar-refractivity contribution in [1.82, 2.24) is 4.98 Å². The fourth-order valence-electron chi connectivity index (χ4n) is 1.58. The summed E-state index contributed by atoms with van der Waals surface area (Å²) in [5.74, 6) is 2.07. The first-order chi connectivity index (χ1) is 7.85. The fraction of sp³-hybridized carbons (Fsp3) is 0.700. The average Bonchev–Trinajstić information content (AvgIpc) is 2.74. The predicted molar refractivity (Wildman–Crippen MR) is 66.7 cm³/mol. The van der Waals surface area contributed by atoms with Gasteiger partial charge in [-0.25, -0.2) is 4.98 Å². The molecule has 2 N–H and O–H groups in total. The van der Waals surface area contributed by atoms with E-state index in [1.807, 2.05) is 11.8 Å². The number of ether oxygens (including phenoxy) is 2. The lowest BCUT2D eigenvalue weighted by atomic mass is 10.3. The summed E-state index contributed by atoms with van der Waals surface area (Å²) in [5, 5.41) is 1.04. The van der Waals surface area contributed by atoms with Gasteiger partial charge in [0.15, 0.2) is 0 Å². The monoisotopic (exact) mass is 260 g/mol. The minimum Gasteiger partial charge on any atom is -0.378 e. The van der Waals surface area contributed by atoms with Crippen molar-refractivity contribution in [2.24, 2.45) is 5.73 Å². The largest absolute Gasteiger partial charge is 0.378 e. The third kappa shape index (κ3) is 2.75. The summed E-state index contributed by atoms with van der Waals surface area (Å²) < 4.78 is 10.8. The van der Waals surface area contributed by atoms with Crippen molar-refractivity contribution in [2.75, 3.05) is 25.2 Å². The van der Waals surface area contributed by atoms with Gasteiger partial charge in [0.2, 0.25) is 0 Å². The van der Waals surface area contributed by atoms with Crippen LogP contribution in [-0.2, 0) is 22.6 Å². The van der Waals surface area contributed by atoms with Crippen molar-refractivity contribution >= 4 is 23.1 Å². The topological polar surface area (TPSA) is 57.4 Å². The Hall–Kier alpha value is -0.140. The maximum Gasteiger partial charge on any atom is 0.123 e. The quantitative estimate of drug-likeness (QED) is 0.890. The molecule has 0 saturated carbocycles. The number of aromatic nitrogens is 1. The molecule has 1 unspecified atom stereocenters. The lowest BCUT2D eigenvalue weighted by Gasteiger charge is -2.19. The third-order valence-electron chi connectivity index (χ3n) is 2.35. The molecule has 1 aromatic heterocycles. The molecule has 6 heteroatoms. The summed E-state index contributed by atoms with van der Waals surface area (Å²) in [4.78, 5) is 5.68. The van der Waals surface area contributed by atoms with Crippen LogP contribution in [0.5, 0.6) is 0 Å². The number of nitrogens with zero attached hydrogens (tertiary/aromatic N) is 1. The predicted octanol–water partition coefficient (Wildman–Crippen LogP) is 1.55. The van der Waals surface area contributed by atoms with E-state index in [9.17, 15) is 0 Å². The van der Waals surface area contributed by atoms with E-state index in [1.165, 1.54) is 0 Å². The second-order valence-corrected chi connectivity index (χ2v) is 5.76. The van der Waals surface area contributed by atoms with Crippen LogP contribution in [0.4, 0.5) is 0 Å². The first-order valence-corrected chi connectivity index (χ1v) is 7.19. The summed E-state index contributed by atoms with van der Waals surface area (Å²) in [7, 11) is 1.67. The van der Waals surface area contributed by atoms with Gasteiger partial charge in [0, 0.05) is 30.0 Å². The number of thioether (sulfide) groups is 1. The van der Waals surface area contributed by atoms with Gasteiger partial charge in [-0.3, -0.25) is 0 Å². The SMILES string of the molecule is COCc1nc(C2CSCCO2)sc1CN. The Balaban J connectivity index is 2.14. The highest BCUT2D eigenvalue weighted by Gasteiger charge is 2.21. The molecule has 1 atom stereocenters. The molecule has 0 spiro atoms. The number of methoxy groups -OCH3 is 1. The van der Waals surface area contributed by atoms with Crippen molar-refractivity contribution in [3.63, 3.8) is 0 Å². The van der Waals surface area contributed by atoms with E-state index in [1.54, 1.807) is 18.4 Å². The Morgan fingerprint density at radius 2 is 2.50 bits per heavy atom. The number of thiazole rings is 1. The zero-order chi connectivity index (χ0) is 11.4. The molecular weight excluding hydrogens is 244 g/mol. The molecule has 1 aliphatic heterocycles. The number of nitrogens with two attached hydrogens (primary N) is 1. The van der Waals surface area contributed by atoms with Gasteiger partial charge >= 0.3 is 0 Å². The minimum atomic E-state index is 0.139. The molecule has 0 aliphatic carbocycles. The van der Waals surface area contributed by atoms with Gasteiger partial charge in [-0.05, 0) is 0 Å². The Labute approximate surface area is 104 Å². The van der Waals surface area contributed by atoms with Gasteiger partial charge in [0.05, 0.1) is 18.9 Å². The highest BCUT2D eigenvalue weighted by Crippen LogP contribution is 2.31. The van der Waals surface area contributed by atoms with E-state index in [2.05, 4.69) is 4.98 Å². The first kappa shape index (κ1) is 12.3. The molecule has 0 bridgehead atoms. The van der Waals surface area contributed by atoms with Crippen LogP contribution in [-0.4, -0.2) is 30.2 Å². The molecule has 2 heterocycles. The minimum absolute atomic E-state index is 0.139. The summed E-state index contributed by atoms with van der Waals surface area (Å²) in [6.45, 7) is 1.87. The normalized spacial score (nSPS) is 21.2. The van der Waals surface area contributed by atoms with Crippen molar-refractivity contribution < 1.29 is 9.47 Å². The van der Waals surface area contributed by atoms with Gasteiger partial charge < -0.3 is 15.2 Å². The fourth-order valence-corrected chi connectivity index (χ4v) is 3.53. The molecule has 90 valence electrons. The van der Waals surface area contributed by atoms with E-state index < -0.39 is 0 Å². The molecule has 0 radical (unpaired) electrons. The Morgan fingerprint density at radius 1 is 1.62 bits per heavy atom. The van der Waals surface area contributed by atoms with Crippen LogP contribution in [0.1, 0.15) is 21.7 Å². The molecule has 1 fully saturated rings. The maximum atomic E-state index is 5.70. The van der Waals surface area contributed by atoms with E-state index in [-0.39, 0.29) is 6.10 Å². The smallest absolute Gasteiger partial charge is 0.123 e. The Morgan fingerprint density at radius 3 is 3.12 bits per heavy atom. The van der Waals surface area contributed by atoms with Crippen molar-refractivity contribution in [2.45, 2.75) is 19.3 Å². The molecule has 0 amide bonds. The summed E-state index contributed by atoms with van der Waals surface area (Å²) in [6.07, 6.45) is 0.139. The van der Waals surface area contributed by atoms with Crippen molar-refractivity contribution in [3.8, 4) is 0 Å². The van der Waals surface area contributed by atoms with Crippen molar-refractivity contribution in [1.29, 1.82) is 0 Å². The highest BCUT2D eigenvalue weighted by atomic mass is 32.2.